The molecule has 0 aromatic heterocycles. The van der Waals surface area contributed by atoms with E-state index in [1.54, 1.807) is 0 Å². The molecule has 6 aromatic carbocycles. The topological polar surface area (TPSA) is 0 Å². The van der Waals surface area contributed by atoms with Crippen LogP contribution in [0.15, 0.2) is 115 Å². The highest BCUT2D eigenvalue weighted by Crippen LogP contribution is 2.41. The van der Waals surface area contributed by atoms with E-state index in [2.05, 4.69) is 121 Å². The third-order valence-electron chi connectivity index (χ3n) is 7.11. The maximum absolute atomic E-state index is 2.43. The van der Waals surface area contributed by atoms with Gasteiger partial charge in [-0.3, -0.25) is 0 Å². The Balaban J connectivity index is 1.43. The zero-order chi connectivity index (χ0) is 21.8. The molecule has 1 aliphatic rings. The largest absolute Gasteiger partial charge is 0.0616 e. The zero-order valence-electron chi connectivity index (χ0n) is 18.3. The lowest BCUT2D eigenvalue weighted by Gasteiger charge is -2.11. The minimum absolute atomic E-state index is 0.972. The molecule has 0 radical (unpaired) electrons. The average Bonchev–Trinajstić information content (AvgIpc) is 3.32. The van der Waals surface area contributed by atoms with Gasteiger partial charge < -0.3 is 0 Å². The molecule has 0 saturated heterocycles. The Hall–Kier alpha value is -4.16. The number of hydrogen-bond donors (Lipinski definition) is 0. The van der Waals surface area contributed by atoms with Gasteiger partial charge in [0, 0.05) is 0 Å². The van der Waals surface area contributed by atoms with Gasteiger partial charge in [-0.25, -0.2) is 0 Å². The molecule has 154 valence electrons. The Kier molecular flexibility index (Phi) is 4.01. The van der Waals surface area contributed by atoms with Crippen LogP contribution in [-0.4, -0.2) is 0 Å². The number of benzene rings is 6. The van der Waals surface area contributed by atoms with E-state index in [-0.39, 0.29) is 0 Å². The molecule has 0 spiro atoms. The van der Waals surface area contributed by atoms with E-state index in [1.807, 2.05) is 0 Å². The smallest absolute Gasteiger partial charge is 0.00132 e. The molecule has 7 rings (SSSR count). The fourth-order valence-corrected chi connectivity index (χ4v) is 5.56. The first-order valence-electron chi connectivity index (χ1n) is 11.6. The fraction of sp³-hybridized carbons (Fsp3) is 0.0303. The first-order chi connectivity index (χ1) is 16.4. The first kappa shape index (κ1) is 18.4. The number of allylic oxidation sites excluding steroid dienone is 1. The van der Waals surface area contributed by atoms with Gasteiger partial charge in [-0.05, 0) is 78.2 Å². The second kappa shape index (κ2) is 7.18. The third-order valence-corrected chi connectivity index (χ3v) is 7.11. The van der Waals surface area contributed by atoms with E-state index in [1.165, 1.54) is 65.7 Å². The standard InChI is InChI=1S/C33H22/c1-3-12-26-22(8-1)10-5-15-29(26)31-16-6-11-24-20-25(21-33(24)31)28-14-7-17-30-27-13-4-2-9-23(27)18-19-32(28)30/h1-19,21H,20H2. The van der Waals surface area contributed by atoms with Gasteiger partial charge in [-0.2, -0.15) is 0 Å². The zero-order valence-corrected chi connectivity index (χ0v) is 18.3. The summed E-state index contributed by atoms with van der Waals surface area (Å²) in [6.45, 7) is 0. The Labute approximate surface area is 193 Å². The van der Waals surface area contributed by atoms with Crippen molar-refractivity contribution in [3.63, 3.8) is 0 Å². The van der Waals surface area contributed by atoms with E-state index >= 15 is 0 Å². The summed E-state index contributed by atoms with van der Waals surface area (Å²) in [5.74, 6) is 0. The van der Waals surface area contributed by atoms with Crippen LogP contribution < -0.4 is 0 Å². The molecule has 0 heterocycles. The normalized spacial score (nSPS) is 12.9. The number of fused-ring (bicyclic) bond motifs is 5. The number of rotatable bonds is 2. The van der Waals surface area contributed by atoms with Gasteiger partial charge in [0.2, 0.25) is 0 Å². The molecule has 0 amide bonds. The molecule has 6 aromatic rings. The van der Waals surface area contributed by atoms with Gasteiger partial charge >= 0.3 is 0 Å². The van der Waals surface area contributed by atoms with Crippen LogP contribution in [0.4, 0.5) is 0 Å². The molecule has 0 fully saturated rings. The third kappa shape index (κ3) is 2.84. The van der Waals surface area contributed by atoms with E-state index in [0.717, 1.165) is 6.42 Å². The maximum atomic E-state index is 2.43. The summed E-state index contributed by atoms with van der Waals surface area (Å²) in [6.07, 6.45) is 3.40. The predicted octanol–water partition coefficient (Wildman–Crippen LogP) is 8.91. The number of hydrogen-bond acceptors (Lipinski definition) is 0. The van der Waals surface area contributed by atoms with Gasteiger partial charge in [0.05, 0.1) is 0 Å². The van der Waals surface area contributed by atoms with Crippen LogP contribution >= 0.6 is 0 Å². The lowest BCUT2D eigenvalue weighted by molar-refractivity contribution is 1.32. The molecular weight excluding hydrogens is 396 g/mol. The second-order valence-corrected chi connectivity index (χ2v) is 8.94. The van der Waals surface area contributed by atoms with Crippen LogP contribution in [0.2, 0.25) is 0 Å². The first-order valence-corrected chi connectivity index (χ1v) is 11.6. The molecule has 0 heteroatoms. The van der Waals surface area contributed by atoms with Crippen LogP contribution in [-0.2, 0) is 6.42 Å². The van der Waals surface area contributed by atoms with Crippen molar-refractivity contribution in [2.45, 2.75) is 6.42 Å². The summed E-state index contributed by atoms with van der Waals surface area (Å²) in [7, 11) is 0. The van der Waals surface area contributed by atoms with E-state index in [9.17, 15) is 0 Å². The Morgan fingerprint density at radius 1 is 0.394 bits per heavy atom. The fourth-order valence-electron chi connectivity index (χ4n) is 5.56. The van der Waals surface area contributed by atoms with Gasteiger partial charge in [-0.15, -0.1) is 0 Å². The van der Waals surface area contributed by atoms with E-state index in [0.29, 0.717) is 0 Å². The highest BCUT2D eigenvalue weighted by molar-refractivity contribution is 6.12. The predicted molar refractivity (Wildman–Crippen MR) is 142 cm³/mol. The molecule has 0 unspecified atom stereocenters. The van der Waals surface area contributed by atoms with Crippen molar-refractivity contribution in [3.05, 3.63) is 132 Å². The average molecular weight is 419 g/mol. The van der Waals surface area contributed by atoms with E-state index < -0.39 is 0 Å². The van der Waals surface area contributed by atoms with Crippen LogP contribution in [0.25, 0.3) is 55.1 Å². The highest BCUT2D eigenvalue weighted by Gasteiger charge is 2.20. The van der Waals surface area contributed by atoms with Gasteiger partial charge in [0.1, 0.15) is 0 Å². The van der Waals surface area contributed by atoms with Crippen LogP contribution in [0.1, 0.15) is 16.7 Å². The minimum atomic E-state index is 0.972. The summed E-state index contributed by atoms with van der Waals surface area (Å²) in [5.41, 5.74) is 8.16. The molecule has 1 aliphatic carbocycles. The van der Waals surface area contributed by atoms with Gasteiger partial charge in [0.25, 0.3) is 0 Å². The van der Waals surface area contributed by atoms with Crippen molar-refractivity contribution < 1.29 is 0 Å². The Morgan fingerprint density at radius 3 is 1.94 bits per heavy atom. The monoisotopic (exact) mass is 418 g/mol. The summed E-state index contributed by atoms with van der Waals surface area (Å²) in [4.78, 5) is 0. The van der Waals surface area contributed by atoms with Crippen molar-refractivity contribution >= 4 is 44.0 Å². The maximum Gasteiger partial charge on any atom is -0.00132 e. The van der Waals surface area contributed by atoms with Gasteiger partial charge in [0.15, 0.2) is 0 Å². The molecule has 0 atom stereocenters. The highest BCUT2D eigenvalue weighted by atomic mass is 14.2. The molecule has 0 bridgehead atoms. The second-order valence-electron chi connectivity index (χ2n) is 8.94. The quantitative estimate of drug-likeness (QED) is 0.246. The summed E-state index contributed by atoms with van der Waals surface area (Å²) < 4.78 is 0. The molecule has 33 heavy (non-hydrogen) atoms. The Morgan fingerprint density at radius 2 is 1.03 bits per heavy atom. The summed E-state index contributed by atoms with van der Waals surface area (Å²) >= 11 is 0. The van der Waals surface area contributed by atoms with Crippen molar-refractivity contribution in [2.75, 3.05) is 0 Å². The summed E-state index contributed by atoms with van der Waals surface area (Å²) in [6, 6.07) is 42.1. The van der Waals surface area contributed by atoms with Crippen LogP contribution in [0.5, 0.6) is 0 Å². The van der Waals surface area contributed by atoms with Crippen molar-refractivity contribution in [1.29, 1.82) is 0 Å². The lowest BCUT2D eigenvalue weighted by atomic mass is 9.93. The summed E-state index contributed by atoms with van der Waals surface area (Å²) in [5, 5.41) is 7.88. The van der Waals surface area contributed by atoms with Crippen LogP contribution in [0.3, 0.4) is 0 Å². The van der Waals surface area contributed by atoms with Crippen LogP contribution in [0, 0.1) is 0 Å². The Bertz CT molecular complexity index is 1730. The molecule has 0 nitrogen and oxygen atoms in total. The van der Waals surface area contributed by atoms with Gasteiger partial charge in [-0.1, -0.05) is 115 Å². The molecule has 0 N–H and O–H groups in total. The van der Waals surface area contributed by atoms with Crippen molar-refractivity contribution in [1.82, 2.24) is 0 Å². The molecule has 0 aliphatic heterocycles. The molecule has 0 saturated carbocycles. The lowest BCUT2D eigenvalue weighted by Crippen LogP contribution is -1.90. The minimum Gasteiger partial charge on any atom is -0.0616 e. The SMILES string of the molecule is C1=C(c2cccc3c2ccc2ccccc23)Cc2cccc(-c3cccc4ccccc34)c21. The van der Waals surface area contributed by atoms with Crippen molar-refractivity contribution in [3.8, 4) is 11.1 Å². The van der Waals surface area contributed by atoms with E-state index in [4.69, 9.17) is 0 Å². The van der Waals surface area contributed by atoms with Crippen molar-refractivity contribution in [2.24, 2.45) is 0 Å². The molecular formula is C33H22.